The van der Waals surface area contributed by atoms with E-state index in [1.165, 1.54) is 12.1 Å². The molecule has 0 bridgehead atoms. The maximum atomic E-state index is 12.9. The lowest BCUT2D eigenvalue weighted by Crippen LogP contribution is -2.49. The molecule has 1 aromatic rings. The molecule has 0 heterocycles. The third kappa shape index (κ3) is 2.88. The minimum atomic E-state index is -0.963. The van der Waals surface area contributed by atoms with Crippen molar-refractivity contribution in [2.45, 2.75) is 38.8 Å². The molecule has 1 aromatic carbocycles. The van der Waals surface area contributed by atoms with E-state index in [1.807, 2.05) is 11.8 Å². The number of aliphatic carboxylic acids is 1. The van der Waals surface area contributed by atoms with Gasteiger partial charge in [-0.05, 0) is 45.0 Å². The van der Waals surface area contributed by atoms with Crippen LogP contribution in [0.5, 0.6) is 0 Å². The van der Waals surface area contributed by atoms with E-state index < -0.39 is 11.5 Å². The number of hydrogen-bond donors (Lipinski definition) is 1. The SMILES string of the molecule is CCC(c1ccc(F)cc1)N(C)C(C)(C)C(=O)O. The highest BCUT2D eigenvalue weighted by Gasteiger charge is 2.36. The summed E-state index contributed by atoms with van der Waals surface area (Å²) in [7, 11) is 1.78. The molecule has 0 aliphatic carbocycles. The number of halogens is 1. The van der Waals surface area contributed by atoms with Gasteiger partial charge < -0.3 is 5.11 Å². The van der Waals surface area contributed by atoms with Crippen LogP contribution in [-0.4, -0.2) is 28.6 Å². The van der Waals surface area contributed by atoms with Crippen molar-refractivity contribution in [3.63, 3.8) is 0 Å². The molecule has 0 amide bonds. The Morgan fingerprint density at radius 2 is 1.89 bits per heavy atom. The van der Waals surface area contributed by atoms with Crippen molar-refractivity contribution < 1.29 is 14.3 Å². The number of benzene rings is 1. The van der Waals surface area contributed by atoms with Gasteiger partial charge in [0, 0.05) is 6.04 Å². The average molecular weight is 253 g/mol. The topological polar surface area (TPSA) is 40.5 Å². The second-order valence-electron chi connectivity index (χ2n) is 4.95. The van der Waals surface area contributed by atoms with Gasteiger partial charge in [-0.15, -0.1) is 0 Å². The summed E-state index contributed by atoms with van der Waals surface area (Å²) in [6.45, 7) is 5.32. The van der Waals surface area contributed by atoms with Crippen molar-refractivity contribution in [3.8, 4) is 0 Å². The summed E-state index contributed by atoms with van der Waals surface area (Å²) in [4.78, 5) is 13.1. The highest BCUT2D eigenvalue weighted by molar-refractivity contribution is 5.77. The Kier molecular flexibility index (Phi) is 4.46. The molecule has 3 nitrogen and oxygen atoms in total. The van der Waals surface area contributed by atoms with Crippen LogP contribution >= 0.6 is 0 Å². The zero-order valence-electron chi connectivity index (χ0n) is 11.3. The summed E-state index contributed by atoms with van der Waals surface area (Å²) < 4.78 is 12.9. The Morgan fingerprint density at radius 3 is 2.28 bits per heavy atom. The Balaban J connectivity index is 3.03. The van der Waals surface area contributed by atoms with Crippen LogP contribution in [0.4, 0.5) is 4.39 Å². The Labute approximate surface area is 107 Å². The first-order valence-electron chi connectivity index (χ1n) is 6.02. The zero-order valence-corrected chi connectivity index (χ0v) is 11.3. The summed E-state index contributed by atoms with van der Waals surface area (Å²) in [6, 6.07) is 6.17. The van der Waals surface area contributed by atoms with Gasteiger partial charge in [-0.1, -0.05) is 19.1 Å². The molecule has 0 aliphatic rings. The second-order valence-corrected chi connectivity index (χ2v) is 4.95. The molecular formula is C14H20FNO2. The number of carboxylic acid groups (broad SMARTS) is 1. The van der Waals surface area contributed by atoms with E-state index in [2.05, 4.69) is 0 Å². The largest absolute Gasteiger partial charge is 0.480 e. The van der Waals surface area contributed by atoms with Gasteiger partial charge in [0.05, 0.1) is 0 Å². The lowest BCUT2D eigenvalue weighted by atomic mass is 9.96. The fourth-order valence-corrected chi connectivity index (χ4v) is 1.96. The molecule has 100 valence electrons. The monoisotopic (exact) mass is 253 g/mol. The van der Waals surface area contributed by atoms with E-state index >= 15 is 0 Å². The van der Waals surface area contributed by atoms with Crippen LogP contribution in [0.15, 0.2) is 24.3 Å². The standard InChI is InChI=1S/C14H20FNO2/c1-5-12(10-6-8-11(15)9-7-10)16(4)14(2,3)13(17)18/h6-9,12H,5H2,1-4H3,(H,17,18). The molecule has 4 heteroatoms. The lowest BCUT2D eigenvalue weighted by Gasteiger charge is -2.38. The highest BCUT2D eigenvalue weighted by Crippen LogP contribution is 2.29. The molecule has 1 N–H and O–H groups in total. The third-order valence-corrected chi connectivity index (χ3v) is 3.51. The van der Waals surface area contributed by atoms with E-state index in [9.17, 15) is 14.3 Å². The minimum Gasteiger partial charge on any atom is -0.480 e. The number of nitrogens with zero attached hydrogens (tertiary/aromatic N) is 1. The molecule has 0 fully saturated rings. The van der Waals surface area contributed by atoms with Crippen LogP contribution in [-0.2, 0) is 4.79 Å². The van der Waals surface area contributed by atoms with Crippen LogP contribution in [0.3, 0.4) is 0 Å². The Bertz CT molecular complexity index is 414. The van der Waals surface area contributed by atoms with Crippen LogP contribution in [0.2, 0.25) is 0 Å². The average Bonchev–Trinajstić information content (AvgIpc) is 2.32. The van der Waals surface area contributed by atoms with Gasteiger partial charge in [-0.25, -0.2) is 4.39 Å². The molecule has 1 unspecified atom stereocenters. The van der Waals surface area contributed by atoms with Gasteiger partial charge in [0.2, 0.25) is 0 Å². The molecule has 1 rings (SSSR count). The van der Waals surface area contributed by atoms with Gasteiger partial charge in [0.15, 0.2) is 0 Å². The predicted octanol–water partition coefficient (Wildman–Crippen LogP) is 3.07. The van der Waals surface area contributed by atoms with Crippen molar-refractivity contribution in [2.24, 2.45) is 0 Å². The molecule has 0 aromatic heterocycles. The van der Waals surface area contributed by atoms with Gasteiger partial charge >= 0.3 is 5.97 Å². The molecule has 0 saturated carbocycles. The van der Waals surface area contributed by atoms with Gasteiger partial charge in [0.1, 0.15) is 11.4 Å². The molecule has 1 atom stereocenters. The van der Waals surface area contributed by atoms with Crippen molar-refractivity contribution in [3.05, 3.63) is 35.6 Å². The number of likely N-dealkylation sites (N-methyl/N-ethyl adjacent to an activating group) is 1. The molecule has 18 heavy (non-hydrogen) atoms. The van der Waals surface area contributed by atoms with Crippen molar-refractivity contribution in [2.75, 3.05) is 7.05 Å². The highest BCUT2D eigenvalue weighted by atomic mass is 19.1. The van der Waals surface area contributed by atoms with Crippen LogP contribution in [0.25, 0.3) is 0 Å². The van der Waals surface area contributed by atoms with E-state index in [0.717, 1.165) is 12.0 Å². The van der Waals surface area contributed by atoms with Crippen LogP contribution in [0, 0.1) is 5.82 Å². The number of carbonyl (C=O) groups is 1. The molecule has 0 spiro atoms. The Hall–Kier alpha value is -1.42. The van der Waals surface area contributed by atoms with E-state index in [0.29, 0.717) is 0 Å². The zero-order chi connectivity index (χ0) is 13.9. The van der Waals surface area contributed by atoms with Crippen molar-refractivity contribution >= 4 is 5.97 Å². The van der Waals surface area contributed by atoms with E-state index in [1.54, 1.807) is 33.0 Å². The summed E-state index contributed by atoms with van der Waals surface area (Å²) >= 11 is 0. The smallest absolute Gasteiger partial charge is 0.323 e. The fourth-order valence-electron chi connectivity index (χ4n) is 1.96. The summed E-state index contributed by atoms with van der Waals surface area (Å²) in [5.74, 6) is -1.15. The van der Waals surface area contributed by atoms with Gasteiger partial charge in [0.25, 0.3) is 0 Å². The fraction of sp³-hybridized carbons (Fsp3) is 0.500. The van der Waals surface area contributed by atoms with Gasteiger partial charge in [-0.2, -0.15) is 0 Å². The normalized spacial score (nSPS) is 13.7. The van der Waals surface area contributed by atoms with Crippen molar-refractivity contribution in [1.82, 2.24) is 4.90 Å². The Morgan fingerprint density at radius 1 is 1.39 bits per heavy atom. The van der Waals surface area contributed by atoms with Crippen molar-refractivity contribution in [1.29, 1.82) is 0 Å². The number of rotatable bonds is 5. The minimum absolute atomic E-state index is 0.0447. The third-order valence-electron chi connectivity index (χ3n) is 3.51. The van der Waals surface area contributed by atoms with E-state index in [-0.39, 0.29) is 11.9 Å². The number of hydrogen-bond acceptors (Lipinski definition) is 2. The first kappa shape index (κ1) is 14.6. The van der Waals surface area contributed by atoms with E-state index in [4.69, 9.17) is 0 Å². The predicted molar refractivity (Wildman–Crippen MR) is 68.9 cm³/mol. The molecule has 0 radical (unpaired) electrons. The molecular weight excluding hydrogens is 233 g/mol. The summed E-state index contributed by atoms with van der Waals surface area (Å²) in [5.41, 5.74) is -0.0366. The molecule has 0 aliphatic heterocycles. The first-order valence-corrected chi connectivity index (χ1v) is 6.02. The summed E-state index contributed by atoms with van der Waals surface area (Å²) in [5, 5.41) is 9.25. The van der Waals surface area contributed by atoms with Gasteiger partial charge in [-0.3, -0.25) is 9.69 Å². The maximum absolute atomic E-state index is 12.9. The quantitative estimate of drug-likeness (QED) is 0.876. The lowest BCUT2D eigenvalue weighted by molar-refractivity contribution is -0.150. The maximum Gasteiger partial charge on any atom is 0.323 e. The first-order chi connectivity index (χ1) is 8.30. The van der Waals surface area contributed by atoms with Crippen LogP contribution in [0.1, 0.15) is 38.8 Å². The summed E-state index contributed by atoms with van der Waals surface area (Å²) in [6.07, 6.45) is 0.763. The molecule has 0 saturated heterocycles. The van der Waals surface area contributed by atoms with Crippen LogP contribution < -0.4 is 0 Å². The number of carboxylic acids is 1. The second kappa shape index (κ2) is 5.48.